The zero-order valence-corrected chi connectivity index (χ0v) is 16.6. The van der Waals surface area contributed by atoms with Crippen LogP contribution in [0.3, 0.4) is 0 Å². The summed E-state index contributed by atoms with van der Waals surface area (Å²) < 4.78 is 15.6. The van der Waals surface area contributed by atoms with Gasteiger partial charge < -0.3 is 15.6 Å². The van der Waals surface area contributed by atoms with Crippen LogP contribution in [0.25, 0.3) is 22.2 Å². The molecular formula is C22H18ClFN4O. The van der Waals surface area contributed by atoms with Gasteiger partial charge in [0.05, 0.1) is 21.7 Å². The number of halogens is 2. The quantitative estimate of drug-likeness (QED) is 0.459. The molecule has 0 fully saturated rings. The van der Waals surface area contributed by atoms with Gasteiger partial charge in [-0.15, -0.1) is 0 Å². The van der Waals surface area contributed by atoms with Crippen molar-refractivity contribution in [3.05, 3.63) is 76.8 Å². The van der Waals surface area contributed by atoms with Gasteiger partial charge in [0.25, 0.3) is 5.91 Å². The first-order valence-electron chi connectivity index (χ1n) is 8.93. The van der Waals surface area contributed by atoms with Crippen molar-refractivity contribution in [2.24, 2.45) is 7.05 Å². The number of hydrogen-bond donors (Lipinski definition) is 2. The van der Waals surface area contributed by atoms with E-state index < -0.39 is 11.7 Å². The minimum absolute atomic E-state index is 0.00154. The molecule has 0 bridgehead atoms. The van der Waals surface area contributed by atoms with Gasteiger partial charge in [0.2, 0.25) is 0 Å². The summed E-state index contributed by atoms with van der Waals surface area (Å²) in [5.41, 5.74) is 9.66. The lowest BCUT2D eigenvalue weighted by atomic mass is 10.0. The SMILES string of the molecule is Cc1nc2cc(-c3cccc(NC(=O)c4ccc(N)c(F)c4)c3)c(Cl)cc2n1C. The molecule has 3 aromatic carbocycles. The minimum atomic E-state index is -0.628. The van der Waals surface area contributed by atoms with E-state index in [1.807, 2.05) is 48.9 Å². The van der Waals surface area contributed by atoms with Crippen molar-refractivity contribution in [2.45, 2.75) is 6.92 Å². The van der Waals surface area contributed by atoms with Crippen LogP contribution in [-0.4, -0.2) is 15.5 Å². The Morgan fingerprint density at radius 1 is 1.17 bits per heavy atom. The highest BCUT2D eigenvalue weighted by Gasteiger charge is 2.13. The van der Waals surface area contributed by atoms with E-state index in [1.165, 1.54) is 12.1 Å². The van der Waals surface area contributed by atoms with Crippen molar-refractivity contribution in [3.63, 3.8) is 0 Å². The van der Waals surface area contributed by atoms with E-state index in [1.54, 1.807) is 6.07 Å². The molecule has 0 spiro atoms. The van der Waals surface area contributed by atoms with Gasteiger partial charge in [-0.05, 0) is 55.0 Å². The van der Waals surface area contributed by atoms with E-state index >= 15 is 0 Å². The number of carbonyl (C=O) groups excluding carboxylic acids is 1. The Kier molecular flexibility index (Phi) is 4.72. The summed E-state index contributed by atoms with van der Waals surface area (Å²) in [6, 6.07) is 15.1. The Balaban J connectivity index is 1.67. The molecule has 4 aromatic rings. The van der Waals surface area contributed by atoms with E-state index in [2.05, 4.69) is 10.3 Å². The molecule has 0 saturated carbocycles. The highest BCUT2D eigenvalue weighted by Crippen LogP contribution is 2.33. The number of benzene rings is 3. The standard InChI is InChI=1S/C22H18ClFN4O/c1-12-26-20-10-16(17(23)11-21(20)28(12)2)13-4-3-5-15(8-13)27-22(29)14-6-7-19(25)18(24)9-14/h3-11H,25H2,1-2H3,(H,27,29). The van der Waals surface area contributed by atoms with Gasteiger partial charge in [0, 0.05) is 23.9 Å². The smallest absolute Gasteiger partial charge is 0.255 e. The molecule has 7 heteroatoms. The average molecular weight is 409 g/mol. The Labute approximate surface area is 171 Å². The normalized spacial score (nSPS) is 11.0. The first-order valence-corrected chi connectivity index (χ1v) is 9.30. The largest absolute Gasteiger partial charge is 0.396 e. The Morgan fingerprint density at radius 3 is 2.72 bits per heavy atom. The number of aryl methyl sites for hydroxylation is 2. The average Bonchev–Trinajstić information content (AvgIpc) is 2.97. The van der Waals surface area contributed by atoms with E-state index in [-0.39, 0.29) is 11.3 Å². The van der Waals surface area contributed by atoms with Crippen LogP contribution in [0, 0.1) is 12.7 Å². The van der Waals surface area contributed by atoms with Gasteiger partial charge in [-0.2, -0.15) is 0 Å². The van der Waals surface area contributed by atoms with E-state index in [0.29, 0.717) is 10.7 Å². The fourth-order valence-corrected chi connectivity index (χ4v) is 3.46. The van der Waals surface area contributed by atoms with Crippen LogP contribution in [0.5, 0.6) is 0 Å². The number of nitrogens with two attached hydrogens (primary N) is 1. The van der Waals surface area contributed by atoms with Crippen LogP contribution in [0.2, 0.25) is 5.02 Å². The van der Waals surface area contributed by atoms with E-state index in [0.717, 1.165) is 34.1 Å². The van der Waals surface area contributed by atoms with Gasteiger partial charge in [0.1, 0.15) is 11.6 Å². The second-order valence-corrected chi connectivity index (χ2v) is 7.22. The topological polar surface area (TPSA) is 72.9 Å². The molecular weight excluding hydrogens is 391 g/mol. The summed E-state index contributed by atoms with van der Waals surface area (Å²) in [4.78, 5) is 17.0. The summed E-state index contributed by atoms with van der Waals surface area (Å²) in [7, 11) is 1.94. The number of carbonyl (C=O) groups is 1. The third-order valence-electron chi connectivity index (χ3n) is 4.89. The van der Waals surface area contributed by atoms with Crippen LogP contribution in [-0.2, 0) is 7.05 Å². The van der Waals surface area contributed by atoms with Crippen molar-refractivity contribution < 1.29 is 9.18 Å². The van der Waals surface area contributed by atoms with Crippen LogP contribution >= 0.6 is 11.6 Å². The van der Waals surface area contributed by atoms with Gasteiger partial charge in [0.15, 0.2) is 0 Å². The molecule has 0 saturated heterocycles. The lowest BCUT2D eigenvalue weighted by molar-refractivity contribution is 0.102. The Hall–Kier alpha value is -3.38. The zero-order valence-electron chi connectivity index (χ0n) is 15.8. The fourth-order valence-electron chi connectivity index (χ4n) is 3.19. The second-order valence-electron chi connectivity index (χ2n) is 6.81. The number of hydrogen-bond acceptors (Lipinski definition) is 3. The molecule has 0 unspecified atom stereocenters. The van der Waals surface area contributed by atoms with Crippen LogP contribution < -0.4 is 11.1 Å². The number of fused-ring (bicyclic) bond motifs is 1. The van der Waals surface area contributed by atoms with Crippen LogP contribution in [0.1, 0.15) is 16.2 Å². The van der Waals surface area contributed by atoms with Gasteiger partial charge in [-0.25, -0.2) is 9.37 Å². The third-order valence-corrected chi connectivity index (χ3v) is 5.20. The Bertz CT molecular complexity index is 1270. The highest BCUT2D eigenvalue weighted by atomic mass is 35.5. The van der Waals surface area contributed by atoms with Crippen molar-refractivity contribution in [3.8, 4) is 11.1 Å². The molecule has 4 rings (SSSR count). The zero-order chi connectivity index (χ0) is 20.7. The number of imidazole rings is 1. The van der Waals surface area contributed by atoms with Gasteiger partial charge >= 0.3 is 0 Å². The molecule has 3 N–H and O–H groups in total. The molecule has 1 aromatic heterocycles. The van der Waals surface area contributed by atoms with Gasteiger partial charge in [-0.3, -0.25) is 4.79 Å². The summed E-state index contributed by atoms with van der Waals surface area (Å²) in [5, 5.41) is 3.36. The maximum Gasteiger partial charge on any atom is 0.255 e. The predicted molar refractivity (Wildman–Crippen MR) is 115 cm³/mol. The Morgan fingerprint density at radius 2 is 1.97 bits per heavy atom. The molecule has 0 aliphatic carbocycles. The molecule has 1 heterocycles. The monoisotopic (exact) mass is 408 g/mol. The molecule has 0 aliphatic rings. The number of nitrogens with one attached hydrogen (secondary N) is 1. The number of nitrogen functional groups attached to an aromatic ring is 1. The minimum Gasteiger partial charge on any atom is -0.396 e. The van der Waals surface area contributed by atoms with Crippen molar-refractivity contribution >= 4 is 39.9 Å². The third kappa shape index (κ3) is 3.54. The van der Waals surface area contributed by atoms with E-state index in [4.69, 9.17) is 17.3 Å². The van der Waals surface area contributed by atoms with Gasteiger partial charge in [-0.1, -0.05) is 23.7 Å². The molecule has 0 aliphatic heterocycles. The molecule has 29 heavy (non-hydrogen) atoms. The second kappa shape index (κ2) is 7.22. The molecule has 5 nitrogen and oxygen atoms in total. The maximum absolute atomic E-state index is 13.6. The summed E-state index contributed by atoms with van der Waals surface area (Å²) in [6.45, 7) is 1.93. The number of rotatable bonds is 3. The summed E-state index contributed by atoms with van der Waals surface area (Å²) in [6.07, 6.45) is 0. The summed E-state index contributed by atoms with van der Waals surface area (Å²) >= 11 is 6.52. The lowest BCUT2D eigenvalue weighted by Gasteiger charge is -2.10. The first-order chi connectivity index (χ1) is 13.8. The fraction of sp³-hybridized carbons (Fsp3) is 0.0909. The molecule has 146 valence electrons. The maximum atomic E-state index is 13.6. The van der Waals surface area contributed by atoms with Crippen molar-refractivity contribution in [2.75, 3.05) is 11.1 Å². The first kappa shape index (κ1) is 19.0. The van der Waals surface area contributed by atoms with Crippen LogP contribution in [0.4, 0.5) is 15.8 Å². The molecule has 0 radical (unpaired) electrons. The molecule has 1 amide bonds. The van der Waals surface area contributed by atoms with Crippen LogP contribution in [0.15, 0.2) is 54.6 Å². The highest BCUT2D eigenvalue weighted by molar-refractivity contribution is 6.34. The van der Waals surface area contributed by atoms with Crippen molar-refractivity contribution in [1.29, 1.82) is 0 Å². The lowest BCUT2D eigenvalue weighted by Crippen LogP contribution is -2.12. The molecule has 0 atom stereocenters. The van der Waals surface area contributed by atoms with E-state index in [9.17, 15) is 9.18 Å². The van der Waals surface area contributed by atoms with Crippen molar-refractivity contribution in [1.82, 2.24) is 9.55 Å². The summed E-state index contributed by atoms with van der Waals surface area (Å²) in [5.74, 6) is -0.162. The predicted octanol–water partition coefficient (Wildman–Crippen LogP) is 5.18. The number of amides is 1. The number of anilines is 2. The number of nitrogens with zero attached hydrogens (tertiary/aromatic N) is 2. The number of aromatic nitrogens is 2.